The number of nitrogens with one attached hydrogen (secondary N) is 2. The second kappa shape index (κ2) is 10.4. The fraction of sp³-hybridized carbons (Fsp3) is 0.300. The first-order valence-electron chi connectivity index (χ1n) is 8.68. The normalized spacial score (nSPS) is 10.2. The summed E-state index contributed by atoms with van der Waals surface area (Å²) in [4.78, 5) is 24.3. The molecule has 0 unspecified atom stereocenters. The minimum atomic E-state index is -0.224. The number of hydrogen-bond acceptors (Lipinski definition) is 4. The molecule has 2 aromatic carbocycles. The highest BCUT2D eigenvalue weighted by Crippen LogP contribution is 2.26. The maximum absolute atomic E-state index is 12.3. The lowest BCUT2D eigenvalue weighted by atomic mass is 10.2. The van der Waals surface area contributed by atoms with Gasteiger partial charge in [0.05, 0.1) is 30.0 Å². The fourth-order valence-corrected chi connectivity index (χ4v) is 2.64. The molecule has 27 heavy (non-hydrogen) atoms. The Morgan fingerprint density at radius 2 is 1.93 bits per heavy atom. The Hall–Kier alpha value is -2.73. The summed E-state index contributed by atoms with van der Waals surface area (Å²) in [6, 6.07) is 12.1. The molecule has 0 aliphatic carbocycles. The summed E-state index contributed by atoms with van der Waals surface area (Å²) in [6.45, 7) is 2.73. The lowest BCUT2D eigenvalue weighted by Crippen LogP contribution is -2.26. The number of methoxy groups -OCH3 is 1. The van der Waals surface area contributed by atoms with Crippen molar-refractivity contribution in [3.63, 3.8) is 0 Å². The van der Waals surface area contributed by atoms with Crippen LogP contribution >= 0.6 is 11.6 Å². The van der Waals surface area contributed by atoms with Crippen molar-refractivity contribution < 1.29 is 19.1 Å². The third-order valence-electron chi connectivity index (χ3n) is 3.75. The maximum atomic E-state index is 12.3. The first-order chi connectivity index (χ1) is 13.0. The number of hydrogen-bond donors (Lipinski definition) is 2. The van der Waals surface area contributed by atoms with Crippen molar-refractivity contribution in [2.75, 3.05) is 25.6 Å². The monoisotopic (exact) mass is 390 g/mol. The smallest absolute Gasteiger partial charge is 0.255 e. The van der Waals surface area contributed by atoms with Crippen molar-refractivity contribution >= 4 is 29.1 Å². The van der Waals surface area contributed by atoms with Crippen molar-refractivity contribution in [2.45, 2.75) is 19.8 Å². The summed E-state index contributed by atoms with van der Waals surface area (Å²) < 4.78 is 10.5. The number of carbonyl (C=O) groups is 2. The van der Waals surface area contributed by atoms with Crippen molar-refractivity contribution in [2.24, 2.45) is 0 Å². The summed E-state index contributed by atoms with van der Waals surface area (Å²) in [5.74, 6) is 0.765. The molecule has 2 amide bonds. The van der Waals surface area contributed by atoms with Crippen LogP contribution in [0.5, 0.6) is 11.5 Å². The zero-order chi connectivity index (χ0) is 19.6. The zero-order valence-electron chi connectivity index (χ0n) is 15.4. The van der Waals surface area contributed by atoms with E-state index < -0.39 is 0 Å². The molecule has 0 bridgehead atoms. The van der Waals surface area contributed by atoms with Gasteiger partial charge in [0.1, 0.15) is 11.5 Å². The minimum absolute atomic E-state index is 0.175. The molecule has 0 aliphatic rings. The van der Waals surface area contributed by atoms with Crippen LogP contribution in [-0.2, 0) is 4.79 Å². The van der Waals surface area contributed by atoms with Gasteiger partial charge in [0.15, 0.2) is 0 Å². The molecule has 0 heterocycles. The van der Waals surface area contributed by atoms with Crippen LogP contribution in [0.4, 0.5) is 5.69 Å². The average molecular weight is 391 g/mol. The topological polar surface area (TPSA) is 76.7 Å². The van der Waals surface area contributed by atoms with Crippen molar-refractivity contribution in [3.8, 4) is 11.5 Å². The van der Waals surface area contributed by atoms with E-state index >= 15 is 0 Å². The van der Waals surface area contributed by atoms with Gasteiger partial charge in [-0.25, -0.2) is 0 Å². The molecule has 2 N–H and O–H groups in total. The molecule has 0 aromatic heterocycles. The molecule has 0 aliphatic heterocycles. The van der Waals surface area contributed by atoms with Crippen LogP contribution in [0, 0.1) is 0 Å². The number of amides is 2. The van der Waals surface area contributed by atoms with E-state index in [2.05, 4.69) is 10.6 Å². The maximum Gasteiger partial charge on any atom is 0.255 e. The summed E-state index contributed by atoms with van der Waals surface area (Å²) in [5, 5.41) is 5.96. The Labute approximate surface area is 163 Å². The SMILES string of the molecule is CCOc1ccccc1C(=O)NCCCC(=O)Nc1ccc(OC)cc1Cl. The number of rotatable bonds is 9. The molecule has 6 nitrogen and oxygen atoms in total. The molecular formula is C20H23ClN2O4. The summed E-state index contributed by atoms with van der Waals surface area (Å²) in [7, 11) is 1.55. The zero-order valence-corrected chi connectivity index (χ0v) is 16.1. The standard InChI is InChI=1S/C20H23ClN2O4/c1-3-27-18-8-5-4-7-15(18)20(25)22-12-6-9-19(24)23-17-11-10-14(26-2)13-16(17)21/h4-5,7-8,10-11,13H,3,6,9,12H2,1-2H3,(H,22,25)(H,23,24). The minimum Gasteiger partial charge on any atom is -0.497 e. The Balaban J connectivity index is 1.78. The van der Waals surface area contributed by atoms with Crippen LogP contribution in [0.25, 0.3) is 0 Å². The number of benzene rings is 2. The molecule has 0 spiro atoms. The quantitative estimate of drug-likeness (QED) is 0.637. The second-order valence-corrected chi connectivity index (χ2v) is 6.09. The molecule has 0 saturated carbocycles. The predicted octanol–water partition coefficient (Wildman–Crippen LogP) is 3.90. The largest absolute Gasteiger partial charge is 0.497 e. The van der Waals surface area contributed by atoms with E-state index in [0.29, 0.717) is 47.3 Å². The van der Waals surface area contributed by atoms with Crippen LogP contribution < -0.4 is 20.1 Å². The van der Waals surface area contributed by atoms with E-state index in [1.165, 1.54) is 0 Å². The van der Waals surface area contributed by atoms with E-state index in [1.807, 2.05) is 13.0 Å². The fourth-order valence-electron chi connectivity index (χ4n) is 2.42. The van der Waals surface area contributed by atoms with Gasteiger partial charge in [-0.1, -0.05) is 23.7 Å². The van der Waals surface area contributed by atoms with Crippen LogP contribution in [0.3, 0.4) is 0 Å². The van der Waals surface area contributed by atoms with Crippen molar-refractivity contribution in [1.82, 2.24) is 5.32 Å². The molecule has 0 fully saturated rings. The summed E-state index contributed by atoms with van der Waals surface area (Å²) in [6.07, 6.45) is 0.762. The van der Waals surface area contributed by atoms with E-state index in [1.54, 1.807) is 43.5 Å². The van der Waals surface area contributed by atoms with Gasteiger partial charge in [0.2, 0.25) is 5.91 Å². The molecule has 7 heteroatoms. The lowest BCUT2D eigenvalue weighted by Gasteiger charge is -2.11. The Kier molecular flexibility index (Phi) is 7.95. The van der Waals surface area contributed by atoms with E-state index in [4.69, 9.17) is 21.1 Å². The van der Waals surface area contributed by atoms with Gasteiger partial charge >= 0.3 is 0 Å². The van der Waals surface area contributed by atoms with Crippen molar-refractivity contribution in [1.29, 1.82) is 0 Å². The molecular weight excluding hydrogens is 368 g/mol. The summed E-state index contributed by atoms with van der Waals surface area (Å²) in [5.41, 5.74) is 1.01. The number of halogens is 1. The lowest BCUT2D eigenvalue weighted by molar-refractivity contribution is -0.116. The molecule has 2 aromatic rings. The Bertz CT molecular complexity index is 795. The van der Waals surface area contributed by atoms with E-state index in [0.717, 1.165) is 0 Å². The van der Waals surface area contributed by atoms with Crippen LogP contribution in [-0.4, -0.2) is 32.1 Å². The van der Waals surface area contributed by atoms with Gasteiger partial charge in [-0.15, -0.1) is 0 Å². The van der Waals surface area contributed by atoms with Gasteiger partial charge in [0.25, 0.3) is 5.91 Å². The van der Waals surface area contributed by atoms with Crippen LogP contribution in [0.1, 0.15) is 30.1 Å². The highest BCUT2D eigenvalue weighted by atomic mass is 35.5. The van der Waals surface area contributed by atoms with Crippen LogP contribution in [0.15, 0.2) is 42.5 Å². The number of ether oxygens (including phenoxy) is 2. The van der Waals surface area contributed by atoms with Gasteiger partial charge in [-0.2, -0.15) is 0 Å². The Morgan fingerprint density at radius 1 is 1.15 bits per heavy atom. The van der Waals surface area contributed by atoms with Crippen molar-refractivity contribution in [3.05, 3.63) is 53.1 Å². The predicted molar refractivity (Wildman–Crippen MR) is 106 cm³/mol. The summed E-state index contributed by atoms with van der Waals surface area (Å²) >= 11 is 6.10. The third kappa shape index (κ3) is 6.18. The average Bonchev–Trinajstić information content (AvgIpc) is 2.67. The number of anilines is 1. The molecule has 0 saturated heterocycles. The molecule has 0 atom stereocenters. The second-order valence-electron chi connectivity index (χ2n) is 5.68. The Morgan fingerprint density at radius 3 is 2.63 bits per heavy atom. The number of para-hydroxylation sites is 1. The van der Waals surface area contributed by atoms with Crippen LogP contribution in [0.2, 0.25) is 5.02 Å². The van der Waals surface area contributed by atoms with Gasteiger partial charge in [0, 0.05) is 19.0 Å². The highest BCUT2D eigenvalue weighted by Gasteiger charge is 2.12. The molecule has 2 rings (SSSR count). The molecule has 0 radical (unpaired) electrons. The van der Waals surface area contributed by atoms with Gasteiger partial charge in [-0.05, 0) is 37.6 Å². The highest BCUT2D eigenvalue weighted by molar-refractivity contribution is 6.33. The van der Waals surface area contributed by atoms with E-state index in [9.17, 15) is 9.59 Å². The first kappa shape index (κ1) is 20.6. The number of carbonyl (C=O) groups excluding carboxylic acids is 2. The van der Waals surface area contributed by atoms with E-state index in [-0.39, 0.29) is 18.2 Å². The van der Waals surface area contributed by atoms with Gasteiger partial charge in [-0.3, -0.25) is 9.59 Å². The first-order valence-corrected chi connectivity index (χ1v) is 9.06. The molecule has 144 valence electrons. The van der Waals surface area contributed by atoms with Gasteiger partial charge < -0.3 is 20.1 Å². The third-order valence-corrected chi connectivity index (χ3v) is 4.06.